The molecule has 1 fully saturated rings. The Morgan fingerprint density at radius 2 is 1.73 bits per heavy atom. The lowest BCUT2D eigenvalue weighted by Gasteiger charge is -2.31. The van der Waals surface area contributed by atoms with E-state index in [4.69, 9.17) is 9.47 Å². The minimum atomic E-state index is -1.04. The number of rotatable bonds is 7. The Bertz CT molecular complexity index is 920. The van der Waals surface area contributed by atoms with E-state index in [9.17, 15) is 14.4 Å². The Morgan fingerprint density at radius 3 is 2.33 bits per heavy atom. The van der Waals surface area contributed by atoms with Gasteiger partial charge in [-0.2, -0.15) is 0 Å². The molecule has 1 aliphatic heterocycles. The van der Waals surface area contributed by atoms with Gasteiger partial charge in [0, 0.05) is 23.9 Å². The van der Waals surface area contributed by atoms with Crippen molar-refractivity contribution in [2.45, 2.75) is 32.9 Å². The number of hydrogen-bond acceptors (Lipinski definition) is 5. The van der Waals surface area contributed by atoms with Crippen molar-refractivity contribution in [1.82, 2.24) is 5.32 Å². The van der Waals surface area contributed by atoms with Crippen LogP contribution in [0.25, 0.3) is 0 Å². The van der Waals surface area contributed by atoms with Gasteiger partial charge in [0.05, 0.1) is 7.11 Å². The zero-order chi connectivity index (χ0) is 21.9. The highest BCUT2D eigenvalue weighted by Crippen LogP contribution is 2.43. The van der Waals surface area contributed by atoms with Gasteiger partial charge in [-0.25, -0.2) is 0 Å². The number of methoxy groups -OCH3 is 1. The number of amides is 1. The third kappa shape index (κ3) is 4.37. The van der Waals surface area contributed by atoms with Gasteiger partial charge in [-0.15, -0.1) is 0 Å². The number of carbonyl (C=O) groups is 3. The van der Waals surface area contributed by atoms with E-state index in [1.54, 1.807) is 52.1 Å². The fourth-order valence-electron chi connectivity index (χ4n) is 4.18. The summed E-state index contributed by atoms with van der Waals surface area (Å²) in [6, 6.07) is 16.2. The highest BCUT2D eigenvalue weighted by atomic mass is 16.6. The van der Waals surface area contributed by atoms with Gasteiger partial charge in [-0.1, -0.05) is 37.3 Å². The van der Waals surface area contributed by atoms with Crippen molar-refractivity contribution in [3.05, 3.63) is 65.7 Å². The molecule has 30 heavy (non-hydrogen) atoms. The molecule has 0 saturated carbocycles. The van der Waals surface area contributed by atoms with Crippen LogP contribution in [0.4, 0.5) is 0 Å². The summed E-state index contributed by atoms with van der Waals surface area (Å²) in [5.41, 5.74) is 0.491. The lowest BCUT2D eigenvalue weighted by Crippen LogP contribution is -2.44. The largest absolute Gasteiger partial charge is 0.497 e. The van der Waals surface area contributed by atoms with Crippen LogP contribution in [-0.2, 0) is 20.9 Å². The molecule has 1 heterocycles. The maximum absolute atomic E-state index is 13.1. The molecule has 2 aromatic rings. The Labute approximate surface area is 176 Å². The fraction of sp³-hybridized carbons (Fsp3) is 0.375. The van der Waals surface area contributed by atoms with Gasteiger partial charge in [-0.3, -0.25) is 14.4 Å². The number of nitrogens with one attached hydrogen (secondary N) is 1. The van der Waals surface area contributed by atoms with Crippen LogP contribution >= 0.6 is 0 Å². The number of cyclic esters (lactones) is 1. The zero-order valence-electron chi connectivity index (χ0n) is 17.7. The maximum atomic E-state index is 13.1. The second-order valence-electron chi connectivity index (χ2n) is 8.11. The molecule has 158 valence electrons. The quantitative estimate of drug-likeness (QED) is 0.431. The SMILES string of the molecule is COc1ccc(C(=O)[C@H](C)[C@@H]2[C@H](C(=O)NCc3ccccc3)C(=O)OC2(C)C)cc1. The molecule has 0 unspecified atom stereocenters. The topological polar surface area (TPSA) is 81.7 Å². The predicted octanol–water partition coefficient (Wildman–Crippen LogP) is 3.40. The second-order valence-corrected chi connectivity index (χ2v) is 8.11. The van der Waals surface area contributed by atoms with Crippen LogP contribution < -0.4 is 10.1 Å². The molecule has 0 radical (unpaired) electrons. The minimum absolute atomic E-state index is 0.144. The Kier molecular flexibility index (Phi) is 6.25. The van der Waals surface area contributed by atoms with E-state index < -0.39 is 35.2 Å². The molecule has 2 aromatic carbocycles. The number of carbonyl (C=O) groups excluding carboxylic acids is 3. The van der Waals surface area contributed by atoms with E-state index in [1.165, 1.54) is 0 Å². The molecule has 6 nitrogen and oxygen atoms in total. The standard InChI is InChI=1S/C24H27NO5/c1-15(21(26)17-10-12-18(29-4)13-11-17)20-19(23(28)30-24(20,2)3)22(27)25-14-16-8-6-5-7-9-16/h5-13,15,19-20H,14H2,1-4H3,(H,25,27)/t15-,19-,20-/m1/s1. The van der Waals surface area contributed by atoms with Crippen LogP contribution in [0.1, 0.15) is 36.7 Å². The van der Waals surface area contributed by atoms with Crippen LogP contribution in [0.5, 0.6) is 5.75 Å². The number of esters is 1. The van der Waals surface area contributed by atoms with Crippen LogP contribution in [0.2, 0.25) is 0 Å². The van der Waals surface area contributed by atoms with Crippen LogP contribution in [0, 0.1) is 17.8 Å². The molecule has 3 rings (SSSR count). The van der Waals surface area contributed by atoms with Gasteiger partial charge in [-0.05, 0) is 43.7 Å². The molecule has 0 spiro atoms. The van der Waals surface area contributed by atoms with Crippen molar-refractivity contribution in [3.63, 3.8) is 0 Å². The van der Waals surface area contributed by atoms with Gasteiger partial charge in [0.15, 0.2) is 5.78 Å². The first-order chi connectivity index (χ1) is 14.2. The van der Waals surface area contributed by atoms with Gasteiger partial charge in [0.25, 0.3) is 0 Å². The van der Waals surface area contributed by atoms with E-state index >= 15 is 0 Å². The molecular formula is C24H27NO5. The smallest absolute Gasteiger partial charge is 0.319 e. The van der Waals surface area contributed by atoms with Gasteiger partial charge < -0.3 is 14.8 Å². The minimum Gasteiger partial charge on any atom is -0.497 e. The average Bonchev–Trinajstić information content (AvgIpc) is 2.99. The summed E-state index contributed by atoms with van der Waals surface area (Å²) in [5, 5.41) is 2.82. The number of Topliss-reactive ketones (excluding diaryl/α,β-unsaturated/α-hetero) is 1. The summed E-state index contributed by atoms with van der Waals surface area (Å²) in [4.78, 5) is 38.7. The van der Waals surface area contributed by atoms with Crippen molar-refractivity contribution in [2.75, 3.05) is 7.11 Å². The highest BCUT2D eigenvalue weighted by molar-refractivity contribution is 6.03. The second kappa shape index (κ2) is 8.69. The molecule has 0 aliphatic carbocycles. The summed E-state index contributed by atoms with van der Waals surface area (Å²) >= 11 is 0. The highest BCUT2D eigenvalue weighted by Gasteiger charge is 2.56. The van der Waals surface area contributed by atoms with Gasteiger partial charge >= 0.3 is 5.97 Å². The predicted molar refractivity (Wildman–Crippen MR) is 112 cm³/mol. The van der Waals surface area contributed by atoms with E-state index in [-0.39, 0.29) is 5.78 Å². The normalized spacial score (nSPS) is 20.9. The molecule has 0 bridgehead atoms. The summed E-state index contributed by atoms with van der Waals surface area (Å²) < 4.78 is 10.7. The molecule has 0 aromatic heterocycles. The van der Waals surface area contributed by atoms with E-state index in [1.807, 2.05) is 30.3 Å². The lowest BCUT2D eigenvalue weighted by atomic mass is 9.72. The monoisotopic (exact) mass is 409 g/mol. The molecule has 1 N–H and O–H groups in total. The van der Waals surface area contributed by atoms with Crippen molar-refractivity contribution < 1.29 is 23.9 Å². The lowest BCUT2D eigenvalue weighted by molar-refractivity contribution is -0.150. The number of ether oxygens (including phenoxy) is 2. The Balaban J connectivity index is 1.80. The van der Waals surface area contributed by atoms with E-state index in [0.717, 1.165) is 5.56 Å². The van der Waals surface area contributed by atoms with Crippen molar-refractivity contribution in [3.8, 4) is 5.75 Å². The van der Waals surface area contributed by atoms with Gasteiger partial charge in [0.1, 0.15) is 17.3 Å². The first kappa shape index (κ1) is 21.6. The first-order valence-corrected chi connectivity index (χ1v) is 9.97. The molecule has 1 aliphatic rings. The fourth-order valence-corrected chi connectivity index (χ4v) is 4.18. The number of hydrogen-bond donors (Lipinski definition) is 1. The van der Waals surface area contributed by atoms with Crippen LogP contribution in [-0.4, -0.2) is 30.4 Å². The summed E-state index contributed by atoms with van der Waals surface area (Å²) in [6.07, 6.45) is 0. The molecular weight excluding hydrogens is 382 g/mol. The Hall–Kier alpha value is -3.15. The third-order valence-corrected chi connectivity index (χ3v) is 5.70. The van der Waals surface area contributed by atoms with Crippen molar-refractivity contribution in [2.24, 2.45) is 17.8 Å². The molecule has 6 heteroatoms. The first-order valence-electron chi connectivity index (χ1n) is 9.97. The van der Waals surface area contributed by atoms with Crippen LogP contribution in [0.3, 0.4) is 0 Å². The van der Waals surface area contributed by atoms with Crippen molar-refractivity contribution >= 4 is 17.7 Å². The number of benzene rings is 2. The summed E-state index contributed by atoms with van der Waals surface area (Å²) in [7, 11) is 1.56. The van der Waals surface area contributed by atoms with E-state index in [2.05, 4.69) is 5.32 Å². The Morgan fingerprint density at radius 1 is 1.10 bits per heavy atom. The zero-order valence-corrected chi connectivity index (χ0v) is 17.7. The molecule has 3 atom stereocenters. The van der Waals surface area contributed by atoms with Gasteiger partial charge in [0.2, 0.25) is 5.91 Å². The number of ketones is 1. The summed E-state index contributed by atoms with van der Waals surface area (Å²) in [5.74, 6) is -2.73. The van der Waals surface area contributed by atoms with Crippen LogP contribution in [0.15, 0.2) is 54.6 Å². The molecule has 1 saturated heterocycles. The van der Waals surface area contributed by atoms with E-state index in [0.29, 0.717) is 17.9 Å². The average molecular weight is 409 g/mol. The maximum Gasteiger partial charge on any atom is 0.319 e. The molecule has 1 amide bonds. The third-order valence-electron chi connectivity index (χ3n) is 5.70. The summed E-state index contributed by atoms with van der Waals surface area (Å²) in [6.45, 7) is 5.55. The van der Waals surface area contributed by atoms with Crippen molar-refractivity contribution in [1.29, 1.82) is 0 Å².